The van der Waals surface area contributed by atoms with Crippen LogP contribution in [0.3, 0.4) is 0 Å². The maximum Gasteiger partial charge on any atom is 0.220 e. The fraction of sp³-hybridized carbons (Fsp3) is 0.750. The summed E-state index contributed by atoms with van der Waals surface area (Å²) in [6.07, 6.45) is 15.8. The molecular weight excluding hydrogens is 362 g/mol. The van der Waals surface area contributed by atoms with Crippen LogP contribution in [0.25, 0.3) is 0 Å². The zero-order valence-electron chi connectivity index (χ0n) is 19.5. The third-order valence-corrected chi connectivity index (χ3v) is 5.68. The molecule has 0 rings (SSSR count). The molecule has 0 saturated carbocycles. The molecule has 0 atom stereocenters. The first-order valence-corrected chi connectivity index (χ1v) is 11.6. The maximum atomic E-state index is 12.0. The molecule has 168 valence electrons. The largest absolute Gasteiger partial charge is 0.350 e. The SMILES string of the molecule is C/C=C/CCCCC(=O)NCC[N+](CC)(CC)CCNC(=O)CCCC/C=C/C. The summed E-state index contributed by atoms with van der Waals surface area (Å²) in [6, 6.07) is 0. The van der Waals surface area contributed by atoms with E-state index in [0.29, 0.717) is 25.9 Å². The normalized spacial score (nSPS) is 12.0. The van der Waals surface area contributed by atoms with Crippen LogP contribution in [0.2, 0.25) is 0 Å². The summed E-state index contributed by atoms with van der Waals surface area (Å²) in [5.74, 6) is 0.309. The van der Waals surface area contributed by atoms with Gasteiger partial charge in [0.15, 0.2) is 0 Å². The minimum absolute atomic E-state index is 0.155. The molecule has 0 heterocycles. The summed E-state index contributed by atoms with van der Waals surface area (Å²) < 4.78 is 0.920. The van der Waals surface area contributed by atoms with Gasteiger partial charge in [-0.15, -0.1) is 0 Å². The zero-order valence-corrected chi connectivity index (χ0v) is 19.5. The molecule has 2 N–H and O–H groups in total. The highest BCUT2D eigenvalue weighted by Crippen LogP contribution is 2.06. The van der Waals surface area contributed by atoms with E-state index in [1.54, 1.807) is 0 Å². The number of hydrogen-bond donors (Lipinski definition) is 2. The Morgan fingerprint density at radius 3 is 1.48 bits per heavy atom. The first kappa shape index (κ1) is 27.4. The molecule has 29 heavy (non-hydrogen) atoms. The lowest BCUT2D eigenvalue weighted by Gasteiger charge is -2.37. The van der Waals surface area contributed by atoms with Gasteiger partial charge in [0.05, 0.1) is 39.3 Å². The molecule has 0 aliphatic heterocycles. The number of quaternary nitrogens is 1. The summed E-state index contributed by atoms with van der Waals surface area (Å²) >= 11 is 0. The van der Waals surface area contributed by atoms with E-state index in [1.807, 2.05) is 13.8 Å². The van der Waals surface area contributed by atoms with Crippen LogP contribution < -0.4 is 10.6 Å². The second-order valence-corrected chi connectivity index (χ2v) is 7.75. The fourth-order valence-corrected chi connectivity index (χ4v) is 3.44. The van der Waals surface area contributed by atoms with E-state index in [2.05, 4.69) is 48.8 Å². The molecule has 0 aliphatic carbocycles. The lowest BCUT2D eigenvalue weighted by atomic mass is 10.2. The standard InChI is InChI=1S/C24H45N3O2/c1-5-9-11-13-15-17-23(28)25-19-21-27(7-3,8-4)22-20-26-24(29)18-16-14-12-10-6-2/h5-6,9-10H,7-8,11-22H2,1-4H3,(H-,25,26,28,29)/p+1/b9-5+,10-6+. The van der Waals surface area contributed by atoms with Crippen LogP contribution in [0.4, 0.5) is 0 Å². The van der Waals surface area contributed by atoms with Gasteiger partial charge in [0, 0.05) is 12.8 Å². The van der Waals surface area contributed by atoms with Crippen molar-refractivity contribution in [3.8, 4) is 0 Å². The van der Waals surface area contributed by atoms with E-state index in [0.717, 1.165) is 69.2 Å². The van der Waals surface area contributed by atoms with Gasteiger partial charge in [0.25, 0.3) is 0 Å². The molecule has 0 radical (unpaired) electrons. The lowest BCUT2D eigenvalue weighted by Crippen LogP contribution is -2.54. The number of nitrogens with one attached hydrogen (secondary N) is 2. The molecule has 2 amide bonds. The number of allylic oxidation sites excluding steroid dienone is 4. The highest BCUT2D eigenvalue weighted by Gasteiger charge is 2.22. The zero-order chi connectivity index (χ0) is 21.8. The van der Waals surface area contributed by atoms with Crippen molar-refractivity contribution in [1.82, 2.24) is 10.6 Å². The van der Waals surface area contributed by atoms with Gasteiger partial charge in [-0.05, 0) is 66.2 Å². The molecule has 0 bridgehead atoms. The van der Waals surface area contributed by atoms with Crippen LogP contribution in [0.5, 0.6) is 0 Å². The van der Waals surface area contributed by atoms with Gasteiger partial charge in [-0.3, -0.25) is 9.59 Å². The van der Waals surface area contributed by atoms with Crippen LogP contribution in [0, 0.1) is 0 Å². The van der Waals surface area contributed by atoms with Crippen molar-refractivity contribution >= 4 is 11.8 Å². The van der Waals surface area contributed by atoms with E-state index in [1.165, 1.54) is 0 Å². The Morgan fingerprint density at radius 1 is 0.724 bits per heavy atom. The Balaban J connectivity index is 4.07. The number of hydrogen-bond acceptors (Lipinski definition) is 2. The van der Waals surface area contributed by atoms with Crippen molar-refractivity contribution in [1.29, 1.82) is 0 Å². The minimum Gasteiger partial charge on any atom is -0.350 e. The molecule has 0 unspecified atom stereocenters. The van der Waals surface area contributed by atoms with Gasteiger partial charge in [-0.25, -0.2) is 0 Å². The lowest BCUT2D eigenvalue weighted by molar-refractivity contribution is -0.922. The molecule has 5 heteroatoms. The minimum atomic E-state index is 0.155. The molecule has 0 saturated heterocycles. The van der Waals surface area contributed by atoms with Gasteiger partial charge in [0.2, 0.25) is 11.8 Å². The van der Waals surface area contributed by atoms with Gasteiger partial charge >= 0.3 is 0 Å². The van der Waals surface area contributed by atoms with E-state index < -0.39 is 0 Å². The topological polar surface area (TPSA) is 58.2 Å². The Hall–Kier alpha value is -1.62. The van der Waals surface area contributed by atoms with E-state index in [4.69, 9.17) is 0 Å². The number of unbranched alkanes of at least 4 members (excludes halogenated alkanes) is 4. The van der Waals surface area contributed by atoms with E-state index in [9.17, 15) is 9.59 Å². The smallest absolute Gasteiger partial charge is 0.220 e. The molecule has 0 fully saturated rings. The number of amides is 2. The first-order valence-electron chi connectivity index (χ1n) is 11.6. The molecule has 0 aromatic heterocycles. The molecule has 0 aromatic carbocycles. The van der Waals surface area contributed by atoms with Gasteiger partial charge in [-0.1, -0.05) is 24.3 Å². The number of carbonyl (C=O) groups excluding carboxylic acids is 2. The number of likely N-dealkylation sites (N-methyl/N-ethyl adjacent to an activating group) is 1. The van der Waals surface area contributed by atoms with Crippen molar-refractivity contribution in [3.63, 3.8) is 0 Å². The molecule has 5 nitrogen and oxygen atoms in total. The summed E-state index contributed by atoms with van der Waals surface area (Å²) in [5.41, 5.74) is 0. The Bertz CT molecular complexity index is 443. The van der Waals surface area contributed by atoms with Crippen molar-refractivity contribution < 1.29 is 14.1 Å². The van der Waals surface area contributed by atoms with Crippen LogP contribution >= 0.6 is 0 Å². The van der Waals surface area contributed by atoms with Crippen LogP contribution in [-0.2, 0) is 9.59 Å². The summed E-state index contributed by atoms with van der Waals surface area (Å²) in [6.45, 7) is 13.7. The fourth-order valence-electron chi connectivity index (χ4n) is 3.44. The van der Waals surface area contributed by atoms with Crippen molar-refractivity contribution in [2.45, 2.75) is 79.1 Å². The van der Waals surface area contributed by atoms with E-state index in [-0.39, 0.29) is 11.8 Å². The van der Waals surface area contributed by atoms with E-state index >= 15 is 0 Å². The molecular formula is C24H46N3O2+. The first-order chi connectivity index (χ1) is 14.0. The monoisotopic (exact) mass is 408 g/mol. The Kier molecular flexibility index (Phi) is 17.4. The number of rotatable bonds is 18. The van der Waals surface area contributed by atoms with Crippen LogP contribution in [-0.4, -0.2) is 55.6 Å². The summed E-state index contributed by atoms with van der Waals surface area (Å²) in [7, 11) is 0. The second kappa shape index (κ2) is 18.4. The number of nitrogens with zero attached hydrogens (tertiary/aromatic N) is 1. The summed E-state index contributed by atoms with van der Waals surface area (Å²) in [5, 5.41) is 6.15. The predicted molar refractivity (Wildman–Crippen MR) is 124 cm³/mol. The highest BCUT2D eigenvalue weighted by atomic mass is 16.2. The second-order valence-electron chi connectivity index (χ2n) is 7.75. The molecule has 0 aromatic rings. The van der Waals surface area contributed by atoms with Crippen molar-refractivity contribution in [3.05, 3.63) is 24.3 Å². The van der Waals surface area contributed by atoms with Crippen LogP contribution in [0.15, 0.2) is 24.3 Å². The quantitative estimate of drug-likeness (QED) is 0.201. The van der Waals surface area contributed by atoms with Gasteiger partial charge < -0.3 is 15.1 Å². The third kappa shape index (κ3) is 15.0. The highest BCUT2D eigenvalue weighted by molar-refractivity contribution is 5.76. The Labute approximate surface area is 179 Å². The summed E-state index contributed by atoms with van der Waals surface area (Å²) in [4.78, 5) is 24.0. The van der Waals surface area contributed by atoms with Crippen LogP contribution in [0.1, 0.15) is 79.1 Å². The van der Waals surface area contributed by atoms with Crippen molar-refractivity contribution in [2.75, 3.05) is 39.3 Å². The Morgan fingerprint density at radius 2 is 1.14 bits per heavy atom. The molecule has 0 spiro atoms. The predicted octanol–water partition coefficient (Wildman–Crippen LogP) is 4.35. The average Bonchev–Trinajstić information content (AvgIpc) is 2.72. The maximum absolute atomic E-state index is 12.0. The van der Waals surface area contributed by atoms with Gasteiger partial charge in [0.1, 0.15) is 0 Å². The average molecular weight is 409 g/mol. The third-order valence-electron chi connectivity index (χ3n) is 5.68. The van der Waals surface area contributed by atoms with Gasteiger partial charge in [-0.2, -0.15) is 0 Å². The number of carbonyl (C=O) groups is 2. The molecule has 0 aliphatic rings. The van der Waals surface area contributed by atoms with Crippen molar-refractivity contribution in [2.24, 2.45) is 0 Å².